The van der Waals surface area contributed by atoms with E-state index < -0.39 is 0 Å². The Balaban J connectivity index is 1.56. The summed E-state index contributed by atoms with van der Waals surface area (Å²) in [6, 6.07) is 8.03. The van der Waals surface area contributed by atoms with Crippen molar-refractivity contribution in [1.29, 1.82) is 5.26 Å². The van der Waals surface area contributed by atoms with Crippen LogP contribution in [-0.2, 0) is 4.79 Å². The summed E-state index contributed by atoms with van der Waals surface area (Å²) in [5.74, 6) is 0.752. The molecule has 2 aromatic heterocycles. The number of aromatic nitrogens is 3. The summed E-state index contributed by atoms with van der Waals surface area (Å²) in [5, 5.41) is 12.3. The average Bonchev–Trinajstić information content (AvgIpc) is 3.43. The highest BCUT2D eigenvalue weighted by atomic mass is 16.2. The number of aryl methyl sites for hydroxylation is 1. The van der Waals surface area contributed by atoms with Crippen molar-refractivity contribution in [1.82, 2.24) is 19.9 Å². The molecule has 2 atom stereocenters. The van der Waals surface area contributed by atoms with Gasteiger partial charge in [0.05, 0.1) is 6.04 Å². The van der Waals surface area contributed by atoms with E-state index in [4.69, 9.17) is 5.26 Å². The zero-order chi connectivity index (χ0) is 18.1. The average molecular weight is 348 g/mol. The number of likely N-dealkylation sites (tertiary alicyclic amines) is 1. The van der Waals surface area contributed by atoms with E-state index in [9.17, 15) is 4.79 Å². The Hall–Kier alpha value is -3.01. The third kappa shape index (κ3) is 3.23. The summed E-state index contributed by atoms with van der Waals surface area (Å²) in [5.41, 5.74) is 2.15. The molecule has 1 aliphatic carbocycles. The Morgan fingerprint density at radius 1 is 1.38 bits per heavy atom. The molecule has 2 aromatic rings. The topological polar surface area (TPSA) is 94.8 Å². The number of hydrogen-bond acceptors (Lipinski definition) is 6. The predicted octanol–water partition coefficient (Wildman–Crippen LogP) is 2.22. The van der Waals surface area contributed by atoms with Crippen molar-refractivity contribution in [3.05, 3.63) is 47.5 Å². The SMILES string of the molecule is Cc1cc(C#N)nc(NC[C@@H]2CC(=O)N(C3CC3)[C@H]2c2cccnc2)n1. The van der Waals surface area contributed by atoms with Crippen molar-refractivity contribution in [3.8, 4) is 6.07 Å². The zero-order valence-electron chi connectivity index (χ0n) is 14.6. The van der Waals surface area contributed by atoms with Gasteiger partial charge in [0.2, 0.25) is 11.9 Å². The van der Waals surface area contributed by atoms with Crippen molar-refractivity contribution in [2.24, 2.45) is 5.92 Å². The molecular weight excluding hydrogens is 328 g/mol. The second-order valence-electron chi connectivity index (χ2n) is 6.94. The standard InChI is InChI=1S/C19H20N6O/c1-12-7-15(9-20)24-19(23-12)22-11-14-8-17(26)25(16-4-5-16)18(14)13-3-2-6-21-10-13/h2-3,6-7,10,14,16,18H,4-5,8,11H2,1H3,(H,22,23,24)/t14-,18-/m0/s1. The van der Waals surface area contributed by atoms with Crippen LogP contribution in [0.5, 0.6) is 0 Å². The van der Waals surface area contributed by atoms with Gasteiger partial charge in [-0.3, -0.25) is 9.78 Å². The summed E-state index contributed by atoms with van der Waals surface area (Å²) >= 11 is 0. The normalized spacial score (nSPS) is 22.3. The molecule has 0 spiro atoms. The molecule has 1 aliphatic heterocycles. The van der Waals surface area contributed by atoms with Gasteiger partial charge in [0.25, 0.3) is 0 Å². The Morgan fingerprint density at radius 3 is 2.92 bits per heavy atom. The van der Waals surface area contributed by atoms with Gasteiger partial charge in [-0.2, -0.15) is 5.26 Å². The molecule has 1 N–H and O–H groups in total. The van der Waals surface area contributed by atoms with E-state index in [1.807, 2.05) is 36.2 Å². The first-order valence-corrected chi connectivity index (χ1v) is 8.86. The largest absolute Gasteiger partial charge is 0.354 e. The van der Waals surface area contributed by atoms with E-state index >= 15 is 0 Å². The van der Waals surface area contributed by atoms with Gasteiger partial charge in [-0.25, -0.2) is 9.97 Å². The van der Waals surface area contributed by atoms with Crippen molar-refractivity contribution < 1.29 is 4.79 Å². The third-order valence-corrected chi connectivity index (χ3v) is 4.93. The van der Waals surface area contributed by atoms with Gasteiger partial charge >= 0.3 is 0 Å². The minimum absolute atomic E-state index is 0.0245. The summed E-state index contributed by atoms with van der Waals surface area (Å²) in [6.07, 6.45) is 6.26. The van der Waals surface area contributed by atoms with Crippen LogP contribution in [0.1, 0.15) is 42.3 Å². The van der Waals surface area contributed by atoms with Gasteiger partial charge in [0.1, 0.15) is 11.8 Å². The lowest BCUT2D eigenvalue weighted by Gasteiger charge is -2.28. The number of rotatable bonds is 5. The highest BCUT2D eigenvalue weighted by Gasteiger charge is 2.47. The fraction of sp³-hybridized carbons (Fsp3) is 0.421. The third-order valence-electron chi connectivity index (χ3n) is 4.93. The quantitative estimate of drug-likeness (QED) is 0.890. The highest BCUT2D eigenvalue weighted by molar-refractivity contribution is 5.80. The smallest absolute Gasteiger partial charge is 0.224 e. The van der Waals surface area contributed by atoms with Crippen LogP contribution in [0, 0.1) is 24.2 Å². The van der Waals surface area contributed by atoms with Gasteiger partial charge in [-0.05, 0) is 37.5 Å². The zero-order valence-corrected chi connectivity index (χ0v) is 14.6. The van der Waals surface area contributed by atoms with Crippen molar-refractivity contribution in [3.63, 3.8) is 0 Å². The first-order chi connectivity index (χ1) is 12.7. The number of hydrogen-bond donors (Lipinski definition) is 1. The lowest BCUT2D eigenvalue weighted by atomic mass is 9.94. The van der Waals surface area contributed by atoms with Crippen LogP contribution in [0.2, 0.25) is 0 Å². The molecule has 1 amide bonds. The molecule has 26 heavy (non-hydrogen) atoms. The molecular formula is C19H20N6O. The van der Waals surface area contributed by atoms with Crippen LogP contribution in [0.25, 0.3) is 0 Å². The lowest BCUT2D eigenvalue weighted by molar-refractivity contribution is -0.129. The monoisotopic (exact) mass is 348 g/mol. The van der Waals surface area contributed by atoms with E-state index in [0.717, 1.165) is 24.1 Å². The molecule has 0 aromatic carbocycles. The van der Waals surface area contributed by atoms with Crippen molar-refractivity contribution in [2.45, 2.75) is 38.3 Å². The molecule has 2 aliphatic rings. The van der Waals surface area contributed by atoms with E-state index in [-0.39, 0.29) is 17.9 Å². The number of nitrogens with zero attached hydrogens (tertiary/aromatic N) is 5. The van der Waals surface area contributed by atoms with Crippen LogP contribution in [0.15, 0.2) is 30.6 Å². The summed E-state index contributed by atoms with van der Waals surface area (Å²) < 4.78 is 0. The fourth-order valence-electron chi connectivity index (χ4n) is 3.70. The highest BCUT2D eigenvalue weighted by Crippen LogP contribution is 2.44. The molecule has 7 heteroatoms. The number of amides is 1. The maximum absolute atomic E-state index is 12.6. The minimum Gasteiger partial charge on any atom is -0.354 e. The van der Waals surface area contributed by atoms with E-state index in [0.29, 0.717) is 30.6 Å². The Bertz CT molecular complexity index is 858. The van der Waals surface area contributed by atoms with Gasteiger partial charge in [-0.1, -0.05) is 6.07 Å². The molecule has 3 heterocycles. The van der Waals surface area contributed by atoms with Crippen LogP contribution in [0.3, 0.4) is 0 Å². The van der Waals surface area contributed by atoms with Gasteiger partial charge in [0.15, 0.2) is 0 Å². The van der Waals surface area contributed by atoms with Crippen LogP contribution < -0.4 is 5.32 Å². The molecule has 2 fully saturated rings. The molecule has 4 rings (SSSR count). The summed E-state index contributed by atoms with van der Waals surface area (Å²) in [7, 11) is 0. The fourth-order valence-corrected chi connectivity index (χ4v) is 3.70. The number of nitrogens with one attached hydrogen (secondary N) is 1. The van der Waals surface area contributed by atoms with Gasteiger partial charge < -0.3 is 10.2 Å². The minimum atomic E-state index is 0.0245. The first-order valence-electron chi connectivity index (χ1n) is 8.86. The maximum atomic E-state index is 12.6. The molecule has 1 saturated heterocycles. The number of carbonyl (C=O) groups excluding carboxylic acids is 1. The molecule has 1 saturated carbocycles. The Labute approximate surface area is 152 Å². The van der Waals surface area contributed by atoms with Crippen LogP contribution in [0.4, 0.5) is 5.95 Å². The molecule has 0 radical (unpaired) electrons. The van der Waals surface area contributed by atoms with Crippen molar-refractivity contribution in [2.75, 3.05) is 11.9 Å². The number of carbonyl (C=O) groups is 1. The van der Waals surface area contributed by atoms with E-state index in [1.54, 1.807) is 12.3 Å². The molecule has 132 valence electrons. The predicted molar refractivity (Wildman–Crippen MR) is 94.9 cm³/mol. The van der Waals surface area contributed by atoms with Gasteiger partial charge in [-0.15, -0.1) is 0 Å². The van der Waals surface area contributed by atoms with Crippen LogP contribution in [-0.4, -0.2) is 38.3 Å². The number of pyridine rings is 1. The second-order valence-corrected chi connectivity index (χ2v) is 6.94. The Kier molecular flexibility index (Phi) is 4.25. The number of anilines is 1. The first kappa shape index (κ1) is 16.5. The van der Waals surface area contributed by atoms with Crippen LogP contribution >= 0.6 is 0 Å². The lowest BCUT2D eigenvalue weighted by Crippen LogP contribution is -2.32. The second kappa shape index (κ2) is 6.71. The number of nitriles is 1. The molecule has 7 nitrogen and oxygen atoms in total. The van der Waals surface area contributed by atoms with E-state index in [2.05, 4.69) is 20.3 Å². The summed E-state index contributed by atoms with van der Waals surface area (Å²) in [6.45, 7) is 2.41. The molecule has 0 unspecified atom stereocenters. The van der Waals surface area contributed by atoms with E-state index in [1.165, 1.54) is 0 Å². The van der Waals surface area contributed by atoms with Crippen molar-refractivity contribution >= 4 is 11.9 Å². The summed E-state index contributed by atoms with van der Waals surface area (Å²) in [4.78, 5) is 27.4. The molecule has 0 bridgehead atoms. The Morgan fingerprint density at radius 2 is 2.23 bits per heavy atom. The maximum Gasteiger partial charge on any atom is 0.224 e. The van der Waals surface area contributed by atoms with Gasteiger partial charge in [0, 0.05) is 43.0 Å².